The number of aromatic carboxylic acids is 1. The molecule has 110 valence electrons. The number of aromatic nitrogens is 1. The number of hydrogen-bond donors (Lipinski definition) is 1. The Bertz CT molecular complexity index is 912. The van der Waals surface area contributed by atoms with Gasteiger partial charge in [-0.2, -0.15) is 0 Å². The fourth-order valence-electron chi connectivity index (χ4n) is 2.21. The van der Waals surface area contributed by atoms with Crippen LogP contribution in [0, 0.1) is 5.82 Å². The Morgan fingerprint density at radius 3 is 2.59 bits per heavy atom. The van der Waals surface area contributed by atoms with Gasteiger partial charge in [-0.05, 0) is 42.5 Å². The molecule has 22 heavy (non-hydrogen) atoms. The number of carbonyl (C=O) groups is 1. The van der Waals surface area contributed by atoms with E-state index in [0.717, 1.165) is 6.07 Å². The molecule has 0 aliphatic rings. The fraction of sp³-hybridized carbons (Fsp3) is 0. The van der Waals surface area contributed by atoms with Crippen LogP contribution < -0.4 is 0 Å². The van der Waals surface area contributed by atoms with Gasteiger partial charge in [0.05, 0.1) is 21.8 Å². The first kappa shape index (κ1) is 14.8. The minimum Gasteiger partial charge on any atom is -0.478 e. The number of carboxylic acid groups (broad SMARTS) is 1. The molecule has 0 bridgehead atoms. The van der Waals surface area contributed by atoms with Crippen LogP contribution in [0.3, 0.4) is 0 Å². The minimum absolute atomic E-state index is 0.0458. The van der Waals surface area contributed by atoms with Crippen LogP contribution in [0.4, 0.5) is 4.39 Å². The average Bonchev–Trinajstić information content (AvgIpc) is 2.48. The predicted octanol–water partition coefficient (Wildman–Crippen LogP) is 5.05. The zero-order valence-corrected chi connectivity index (χ0v) is 12.5. The van der Waals surface area contributed by atoms with Gasteiger partial charge in [-0.25, -0.2) is 14.2 Å². The van der Waals surface area contributed by atoms with Crippen molar-refractivity contribution >= 4 is 40.1 Å². The summed E-state index contributed by atoms with van der Waals surface area (Å²) in [6, 6.07) is 10.0. The summed E-state index contributed by atoms with van der Waals surface area (Å²) in [6.45, 7) is 0. The summed E-state index contributed by atoms with van der Waals surface area (Å²) >= 11 is 12.1. The molecule has 0 saturated heterocycles. The molecule has 0 aliphatic carbocycles. The van der Waals surface area contributed by atoms with Crippen LogP contribution in [-0.2, 0) is 0 Å². The van der Waals surface area contributed by atoms with Crippen LogP contribution in [0.5, 0.6) is 0 Å². The van der Waals surface area contributed by atoms with E-state index in [1.807, 2.05) is 0 Å². The molecule has 0 fully saturated rings. The van der Waals surface area contributed by atoms with Crippen molar-refractivity contribution in [3.05, 3.63) is 63.9 Å². The summed E-state index contributed by atoms with van der Waals surface area (Å²) in [7, 11) is 0. The largest absolute Gasteiger partial charge is 0.478 e. The number of carboxylic acids is 1. The Kier molecular flexibility index (Phi) is 3.72. The molecule has 1 aromatic heterocycles. The third kappa shape index (κ3) is 2.63. The van der Waals surface area contributed by atoms with Crippen molar-refractivity contribution in [2.75, 3.05) is 0 Å². The summed E-state index contributed by atoms with van der Waals surface area (Å²) in [6.07, 6.45) is 0. The van der Waals surface area contributed by atoms with Crippen molar-refractivity contribution < 1.29 is 14.3 Å². The van der Waals surface area contributed by atoms with E-state index >= 15 is 0 Å². The van der Waals surface area contributed by atoms with Crippen molar-refractivity contribution in [1.29, 1.82) is 0 Å². The van der Waals surface area contributed by atoms with Gasteiger partial charge < -0.3 is 5.11 Å². The molecular weight excluding hydrogens is 328 g/mol. The number of rotatable bonds is 2. The lowest BCUT2D eigenvalue weighted by atomic mass is 10.0. The van der Waals surface area contributed by atoms with Gasteiger partial charge in [0.15, 0.2) is 0 Å². The second-order valence-corrected chi connectivity index (χ2v) is 5.49. The highest BCUT2D eigenvalue weighted by Gasteiger charge is 2.15. The summed E-state index contributed by atoms with van der Waals surface area (Å²) in [5.41, 5.74) is 1.20. The summed E-state index contributed by atoms with van der Waals surface area (Å²) in [4.78, 5) is 15.8. The second kappa shape index (κ2) is 5.55. The summed E-state index contributed by atoms with van der Waals surface area (Å²) < 4.78 is 13.4. The smallest absolute Gasteiger partial charge is 0.336 e. The van der Waals surface area contributed by atoms with E-state index in [9.17, 15) is 14.3 Å². The molecule has 6 heteroatoms. The number of fused-ring (bicyclic) bond motifs is 1. The Labute approximate surface area is 134 Å². The Morgan fingerprint density at radius 1 is 1.09 bits per heavy atom. The number of nitrogens with zero attached hydrogens (tertiary/aromatic N) is 1. The molecule has 0 radical (unpaired) electrons. The first-order valence-corrected chi connectivity index (χ1v) is 7.00. The van der Waals surface area contributed by atoms with Gasteiger partial charge in [-0.15, -0.1) is 0 Å². The van der Waals surface area contributed by atoms with Gasteiger partial charge in [-0.1, -0.05) is 23.2 Å². The van der Waals surface area contributed by atoms with Crippen molar-refractivity contribution in [3.63, 3.8) is 0 Å². The van der Waals surface area contributed by atoms with Crippen LogP contribution in [-0.4, -0.2) is 16.1 Å². The van der Waals surface area contributed by atoms with E-state index in [4.69, 9.17) is 23.2 Å². The second-order valence-electron chi connectivity index (χ2n) is 4.65. The van der Waals surface area contributed by atoms with Crippen LogP contribution in [0.2, 0.25) is 10.0 Å². The topological polar surface area (TPSA) is 50.2 Å². The number of benzene rings is 2. The molecule has 3 rings (SSSR count). The lowest BCUT2D eigenvalue weighted by molar-refractivity contribution is 0.0699. The standard InChI is InChI=1S/C16H8Cl2FNO2/c17-8-1-3-13(18)12(5-8)15-7-11(16(21)22)10-6-9(19)2-4-14(10)20-15/h1-7H,(H,21,22). The monoisotopic (exact) mass is 335 g/mol. The van der Waals surface area contributed by atoms with Crippen LogP contribution in [0.25, 0.3) is 22.2 Å². The Hall–Kier alpha value is -2.17. The van der Waals surface area contributed by atoms with E-state index in [2.05, 4.69) is 4.98 Å². The quantitative estimate of drug-likeness (QED) is 0.713. The number of pyridine rings is 1. The first-order chi connectivity index (χ1) is 10.5. The highest BCUT2D eigenvalue weighted by molar-refractivity contribution is 6.35. The zero-order chi connectivity index (χ0) is 15.9. The minimum atomic E-state index is -1.17. The maximum atomic E-state index is 13.4. The molecule has 0 saturated carbocycles. The van der Waals surface area contributed by atoms with Crippen molar-refractivity contribution in [1.82, 2.24) is 4.98 Å². The van der Waals surface area contributed by atoms with Gasteiger partial charge in [0.1, 0.15) is 5.82 Å². The van der Waals surface area contributed by atoms with E-state index in [1.54, 1.807) is 18.2 Å². The summed E-state index contributed by atoms with van der Waals surface area (Å²) in [5, 5.41) is 10.4. The summed E-state index contributed by atoms with van der Waals surface area (Å²) in [5.74, 6) is -1.69. The highest BCUT2D eigenvalue weighted by atomic mass is 35.5. The molecule has 1 heterocycles. The zero-order valence-electron chi connectivity index (χ0n) is 11.0. The van der Waals surface area contributed by atoms with Crippen LogP contribution >= 0.6 is 23.2 Å². The van der Waals surface area contributed by atoms with Crippen molar-refractivity contribution in [2.45, 2.75) is 0 Å². The molecule has 0 amide bonds. The normalized spacial score (nSPS) is 10.9. The lowest BCUT2D eigenvalue weighted by Crippen LogP contribution is -2.01. The molecule has 2 aromatic carbocycles. The van der Waals surface area contributed by atoms with E-state index in [0.29, 0.717) is 26.8 Å². The lowest BCUT2D eigenvalue weighted by Gasteiger charge is -2.09. The molecule has 1 N–H and O–H groups in total. The molecule has 0 spiro atoms. The molecule has 0 aliphatic heterocycles. The van der Waals surface area contributed by atoms with E-state index < -0.39 is 11.8 Å². The first-order valence-electron chi connectivity index (χ1n) is 6.25. The third-order valence-corrected chi connectivity index (χ3v) is 3.77. The predicted molar refractivity (Wildman–Crippen MR) is 84.1 cm³/mol. The van der Waals surface area contributed by atoms with Gasteiger partial charge in [0.25, 0.3) is 0 Å². The van der Waals surface area contributed by atoms with Gasteiger partial charge in [0, 0.05) is 16.0 Å². The van der Waals surface area contributed by atoms with Gasteiger partial charge in [0.2, 0.25) is 0 Å². The highest BCUT2D eigenvalue weighted by Crippen LogP contribution is 2.32. The van der Waals surface area contributed by atoms with E-state index in [-0.39, 0.29) is 10.9 Å². The van der Waals surface area contributed by atoms with Crippen LogP contribution in [0.1, 0.15) is 10.4 Å². The average molecular weight is 336 g/mol. The maximum absolute atomic E-state index is 13.4. The SMILES string of the molecule is O=C(O)c1cc(-c2cc(Cl)ccc2Cl)nc2ccc(F)cc12. The molecule has 0 unspecified atom stereocenters. The van der Waals surface area contributed by atoms with Gasteiger partial charge >= 0.3 is 5.97 Å². The van der Waals surface area contributed by atoms with E-state index in [1.165, 1.54) is 18.2 Å². The Morgan fingerprint density at radius 2 is 1.86 bits per heavy atom. The third-order valence-electron chi connectivity index (χ3n) is 3.21. The van der Waals surface area contributed by atoms with Crippen molar-refractivity contribution in [2.24, 2.45) is 0 Å². The maximum Gasteiger partial charge on any atom is 0.336 e. The Balaban J connectivity index is 2.34. The fourth-order valence-corrected chi connectivity index (χ4v) is 2.59. The molecular formula is C16H8Cl2FNO2. The molecule has 3 nitrogen and oxygen atoms in total. The molecule has 0 atom stereocenters. The number of halogens is 3. The van der Waals surface area contributed by atoms with Gasteiger partial charge in [-0.3, -0.25) is 0 Å². The number of hydrogen-bond acceptors (Lipinski definition) is 2. The van der Waals surface area contributed by atoms with Crippen molar-refractivity contribution in [3.8, 4) is 11.3 Å². The molecule has 3 aromatic rings. The van der Waals surface area contributed by atoms with Crippen LogP contribution in [0.15, 0.2) is 42.5 Å².